The Morgan fingerprint density at radius 1 is 1.45 bits per heavy atom. The van der Waals surface area contributed by atoms with Gasteiger partial charge in [-0.15, -0.1) is 0 Å². The maximum atomic E-state index is 13.2. The number of hydrogen-bond acceptors (Lipinski definition) is 3. The van der Waals surface area contributed by atoms with Crippen LogP contribution in [0.4, 0.5) is 10.3 Å². The number of aromatic nitrogens is 2. The van der Waals surface area contributed by atoms with Crippen molar-refractivity contribution in [1.82, 2.24) is 9.55 Å². The van der Waals surface area contributed by atoms with Gasteiger partial charge in [0.1, 0.15) is 5.82 Å². The average molecular weight is 342 g/mol. The van der Waals surface area contributed by atoms with Crippen LogP contribution in [0, 0.1) is 12.7 Å². The van der Waals surface area contributed by atoms with Gasteiger partial charge in [-0.1, -0.05) is 0 Å². The summed E-state index contributed by atoms with van der Waals surface area (Å²) < 4.78 is 20.8. The minimum absolute atomic E-state index is 0.271. The summed E-state index contributed by atoms with van der Waals surface area (Å²) in [5, 5.41) is 3.27. The van der Waals surface area contributed by atoms with E-state index in [4.69, 9.17) is 4.74 Å². The first kappa shape index (κ1) is 15.0. The maximum Gasteiger partial charge on any atom is 0.207 e. The lowest BCUT2D eigenvalue weighted by molar-refractivity contribution is 0.197. The number of benzene rings is 1. The molecular weight excluding hydrogens is 325 g/mol. The number of anilines is 1. The number of aryl methyl sites for hydroxylation is 1. The molecule has 6 heteroatoms. The van der Waals surface area contributed by atoms with Gasteiger partial charge in [-0.2, -0.15) is 0 Å². The van der Waals surface area contributed by atoms with Crippen molar-refractivity contribution in [2.24, 2.45) is 0 Å². The number of ether oxygens (including phenoxy) is 1. The third-order valence-corrected chi connectivity index (χ3v) is 3.44. The molecule has 1 heterocycles. The van der Waals surface area contributed by atoms with E-state index in [1.807, 2.05) is 17.7 Å². The van der Waals surface area contributed by atoms with E-state index in [9.17, 15) is 4.39 Å². The van der Waals surface area contributed by atoms with Gasteiger partial charge < -0.3 is 10.1 Å². The standard InChI is InChI=1S/C14H17BrFN3O/c1-10-9-19(13-5-4-11(16)8-12(13)15)14(18-10)17-6-3-7-20-2/h4-5,8-9H,3,6-7H2,1-2H3,(H,17,18). The Morgan fingerprint density at radius 3 is 2.95 bits per heavy atom. The summed E-state index contributed by atoms with van der Waals surface area (Å²) in [6, 6.07) is 4.60. The van der Waals surface area contributed by atoms with E-state index in [1.54, 1.807) is 13.2 Å². The molecule has 0 aliphatic rings. The number of methoxy groups -OCH3 is 1. The third-order valence-electron chi connectivity index (χ3n) is 2.80. The molecule has 0 amide bonds. The zero-order valence-electron chi connectivity index (χ0n) is 11.5. The quantitative estimate of drug-likeness (QED) is 0.817. The summed E-state index contributed by atoms with van der Waals surface area (Å²) in [6.45, 7) is 3.39. The van der Waals surface area contributed by atoms with Crippen LogP contribution in [0.25, 0.3) is 5.69 Å². The molecule has 0 aliphatic carbocycles. The first-order chi connectivity index (χ1) is 9.61. The Balaban J connectivity index is 2.22. The summed E-state index contributed by atoms with van der Waals surface area (Å²) in [4.78, 5) is 4.44. The van der Waals surface area contributed by atoms with Crippen LogP contribution >= 0.6 is 15.9 Å². The van der Waals surface area contributed by atoms with Crippen LogP contribution in [-0.4, -0.2) is 29.8 Å². The molecule has 0 fully saturated rings. The lowest BCUT2D eigenvalue weighted by atomic mass is 10.3. The zero-order valence-corrected chi connectivity index (χ0v) is 13.1. The van der Waals surface area contributed by atoms with Gasteiger partial charge >= 0.3 is 0 Å². The smallest absolute Gasteiger partial charge is 0.207 e. The molecule has 2 aromatic rings. The van der Waals surface area contributed by atoms with Crippen LogP contribution < -0.4 is 5.32 Å². The highest BCUT2D eigenvalue weighted by Crippen LogP contribution is 2.25. The first-order valence-corrected chi connectivity index (χ1v) is 7.15. The molecule has 4 nitrogen and oxygen atoms in total. The molecule has 108 valence electrons. The normalized spacial score (nSPS) is 10.8. The highest BCUT2D eigenvalue weighted by atomic mass is 79.9. The number of halogens is 2. The van der Waals surface area contributed by atoms with Gasteiger partial charge in [0.05, 0.1) is 11.4 Å². The number of hydrogen-bond donors (Lipinski definition) is 1. The van der Waals surface area contributed by atoms with Gasteiger partial charge in [-0.05, 0) is 47.5 Å². The van der Waals surface area contributed by atoms with E-state index < -0.39 is 0 Å². The predicted molar refractivity (Wildman–Crippen MR) is 80.9 cm³/mol. The van der Waals surface area contributed by atoms with Crippen molar-refractivity contribution in [3.05, 3.63) is 40.4 Å². The van der Waals surface area contributed by atoms with Gasteiger partial charge in [0.2, 0.25) is 5.95 Å². The number of nitrogens with zero attached hydrogens (tertiary/aromatic N) is 2. The van der Waals surface area contributed by atoms with Crippen molar-refractivity contribution in [2.45, 2.75) is 13.3 Å². The molecule has 0 radical (unpaired) electrons. The summed E-state index contributed by atoms with van der Waals surface area (Å²) in [5.41, 5.74) is 1.75. The fourth-order valence-corrected chi connectivity index (χ4v) is 2.44. The van der Waals surface area contributed by atoms with Crippen molar-refractivity contribution in [1.29, 1.82) is 0 Å². The highest BCUT2D eigenvalue weighted by molar-refractivity contribution is 9.10. The van der Waals surface area contributed by atoms with Gasteiger partial charge in [-0.25, -0.2) is 9.37 Å². The second-order valence-electron chi connectivity index (χ2n) is 4.44. The summed E-state index contributed by atoms with van der Waals surface area (Å²) >= 11 is 3.38. The highest BCUT2D eigenvalue weighted by Gasteiger charge is 2.10. The van der Waals surface area contributed by atoms with Crippen molar-refractivity contribution >= 4 is 21.9 Å². The van der Waals surface area contributed by atoms with E-state index in [0.29, 0.717) is 11.1 Å². The molecule has 0 aliphatic heterocycles. The molecule has 2 rings (SSSR count). The van der Waals surface area contributed by atoms with E-state index in [0.717, 1.165) is 30.3 Å². The van der Waals surface area contributed by atoms with Gasteiger partial charge in [0, 0.05) is 30.9 Å². The summed E-state index contributed by atoms with van der Waals surface area (Å²) in [6.07, 6.45) is 2.81. The Kier molecular flexibility index (Phi) is 5.14. The van der Waals surface area contributed by atoms with Crippen molar-refractivity contribution in [3.63, 3.8) is 0 Å². The van der Waals surface area contributed by atoms with Crippen LogP contribution in [0.1, 0.15) is 12.1 Å². The van der Waals surface area contributed by atoms with Gasteiger partial charge in [-0.3, -0.25) is 4.57 Å². The van der Waals surface area contributed by atoms with Crippen LogP contribution in [0.15, 0.2) is 28.9 Å². The number of nitrogens with one attached hydrogen (secondary N) is 1. The molecule has 0 spiro atoms. The molecule has 1 N–H and O–H groups in total. The minimum atomic E-state index is -0.271. The van der Waals surface area contributed by atoms with Crippen LogP contribution in [0.3, 0.4) is 0 Å². The molecule has 1 aromatic carbocycles. The third kappa shape index (κ3) is 3.58. The topological polar surface area (TPSA) is 39.1 Å². The monoisotopic (exact) mass is 341 g/mol. The van der Waals surface area contributed by atoms with E-state index >= 15 is 0 Å². The fraction of sp³-hybridized carbons (Fsp3) is 0.357. The van der Waals surface area contributed by atoms with E-state index in [2.05, 4.69) is 26.2 Å². The number of imidazole rings is 1. The molecule has 0 saturated heterocycles. The maximum absolute atomic E-state index is 13.2. The molecular formula is C14H17BrFN3O. The summed E-state index contributed by atoms with van der Waals surface area (Å²) in [7, 11) is 1.68. The largest absolute Gasteiger partial charge is 0.385 e. The van der Waals surface area contributed by atoms with Crippen LogP contribution in [0.5, 0.6) is 0 Å². The first-order valence-electron chi connectivity index (χ1n) is 6.36. The van der Waals surface area contributed by atoms with Crippen LogP contribution in [0.2, 0.25) is 0 Å². The molecule has 0 atom stereocenters. The SMILES string of the molecule is COCCCNc1nc(C)cn1-c1ccc(F)cc1Br. The second-order valence-corrected chi connectivity index (χ2v) is 5.30. The Hall–Kier alpha value is -1.40. The molecule has 0 bridgehead atoms. The molecule has 0 saturated carbocycles. The molecule has 0 unspecified atom stereocenters. The number of rotatable bonds is 6. The lowest BCUT2D eigenvalue weighted by Crippen LogP contribution is -2.09. The minimum Gasteiger partial charge on any atom is -0.385 e. The second kappa shape index (κ2) is 6.85. The average Bonchev–Trinajstić information content (AvgIpc) is 2.76. The van der Waals surface area contributed by atoms with E-state index in [-0.39, 0.29) is 5.82 Å². The Labute approximate surface area is 126 Å². The van der Waals surface area contributed by atoms with E-state index in [1.165, 1.54) is 12.1 Å². The van der Waals surface area contributed by atoms with Gasteiger partial charge in [0.25, 0.3) is 0 Å². The Morgan fingerprint density at radius 2 is 2.25 bits per heavy atom. The van der Waals surface area contributed by atoms with Gasteiger partial charge in [0.15, 0.2) is 0 Å². The molecule has 1 aromatic heterocycles. The zero-order chi connectivity index (χ0) is 14.5. The predicted octanol–water partition coefficient (Wildman–Crippen LogP) is 3.53. The van der Waals surface area contributed by atoms with Crippen LogP contribution in [-0.2, 0) is 4.74 Å². The summed E-state index contributed by atoms with van der Waals surface area (Å²) in [5.74, 6) is 0.470. The Bertz CT molecular complexity index is 586. The fourth-order valence-electron chi connectivity index (χ4n) is 1.90. The lowest BCUT2D eigenvalue weighted by Gasteiger charge is -2.11. The van der Waals surface area contributed by atoms with Crippen molar-refractivity contribution < 1.29 is 9.13 Å². The van der Waals surface area contributed by atoms with Crippen molar-refractivity contribution in [3.8, 4) is 5.69 Å². The van der Waals surface area contributed by atoms with Crippen molar-refractivity contribution in [2.75, 3.05) is 25.6 Å². The molecule has 20 heavy (non-hydrogen) atoms.